The molecule has 1 aromatic rings. The lowest BCUT2D eigenvalue weighted by molar-refractivity contribution is 0.350. The van der Waals surface area contributed by atoms with Crippen molar-refractivity contribution in [3.63, 3.8) is 0 Å². The van der Waals surface area contributed by atoms with E-state index >= 15 is 0 Å². The molecule has 0 atom stereocenters. The first kappa shape index (κ1) is 9.17. The lowest BCUT2D eigenvalue weighted by Gasteiger charge is -1.93. The Labute approximate surface area is 77.6 Å². The van der Waals surface area contributed by atoms with Gasteiger partial charge in [-0.05, 0) is 34.0 Å². The molecule has 0 aliphatic carbocycles. The summed E-state index contributed by atoms with van der Waals surface area (Å²) in [5.41, 5.74) is 0.295. The van der Waals surface area contributed by atoms with E-state index < -0.39 is 5.95 Å². The van der Waals surface area contributed by atoms with Crippen LogP contribution in [0.4, 0.5) is 4.39 Å². The highest BCUT2D eigenvalue weighted by molar-refractivity contribution is 9.10. The maximum absolute atomic E-state index is 12.5. The normalized spacial score (nSPS) is 8.92. The van der Waals surface area contributed by atoms with Crippen LogP contribution < -0.4 is 0 Å². The van der Waals surface area contributed by atoms with Crippen molar-refractivity contribution in [2.24, 2.45) is 0 Å². The Bertz CT molecular complexity index is 343. The van der Waals surface area contributed by atoms with Crippen molar-refractivity contribution >= 4 is 15.9 Å². The average molecular weight is 230 g/mol. The SMILES string of the molecule is OCC#Cc1nc(F)ccc1Br. The summed E-state index contributed by atoms with van der Waals surface area (Å²) in [5.74, 6) is 4.30. The van der Waals surface area contributed by atoms with Gasteiger partial charge in [-0.1, -0.05) is 5.92 Å². The Morgan fingerprint density at radius 2 is 2.33 bits per heavy atom. The number of hydrogen-bond donors (Lipinski definition) is 1. The summed E-state index contributed by atoms with van der Waals surface area (Å²) >= 11 is 3.15. The number of pyridine rings is 1. The van der Waals surface area contributed by atoms with Crippen LogP contribution in [0, 0.1) is 17.8 Å². The van der Waals surface area contributed by atoms with Crippen molar-refractivity contribution in [3.05, 3.63) is 28.2 Å². The molecule has 1 aromatic heterocycles. The molecular weight excluding hydrogens is 225 g/mol. The second kappa shape index (κ2) is 4.19. The zero-order chi connectivity index (χ0) is 8.97. The standard InChI is InChI=1S/C8H5BrFNO/c9-6-3-4-8(10)11-7(6)2-1-5-12/h3-4,12H,5H2. The second-order valence-electron chi connectivity index (χ2n) is 1.92. The summed E-state index contributed by atoms with van der Waals surface area (Å²) in [7, 11) is 0. The van der Waals surface area contributed by atoms with Crippen LogP contribution >= 0.6 is 15.9 Å². The molecule has 1 N–H and O–H groups in total. The number of aromatic nitrogens is 1. The third-order valence-electron chi connectivity index (χ3n) is 1.10. The summed E-state index contributed by atoms with van der Waals surface area (Å²) < 4.78 is 13.1. The molecule has 12 heavy (non-hydrogen) atoms. The lowest BCUT2D eigenvalue weighted by atomic mass is 10.3. The predicted octanol–water partition coefficient (Wildman–Crippen LogP) is 1.33. The molecule has 0 amide bonds. The summed E-state index contributed by atoms with van der Waals surface area (Å²) in [5, 5.41) is 8.38. The van der Waals surface area contributed by atoms with Gasteiger partial charge >= 0.3 is 0 Å². The van der Waals surface area contributed by atoms with E-state index in [0.29, 0.717) is 10.2 Å². The van der Waals surface area contributed by atoms with Gasteiger partial charge in [0.1, 0.15) is 12.3 Å². The quantitative estimate of drug-likeness (QED) is 0.538. The van der Waals surface area contributed by atoms with Crippen molar-refractivity contribution in [2.45, 2.75) is 0 Å². The van der Waals surface area contributed by atoms with Crippen LogP contribution in [-0.4, -0.2) is 16.7 Å². The number of nitrogens with zero attached hydrogens (tertiary/aromatic N) is 1. The van der Waals surface area contributed by atoms with Gasteiger partial charge in [0.25, 0.3) is 0 Å². The van der Waals surface area contributed by atoms with Gasteiger partial charge in [0.2, 0.25) is 5.95 Å². The minimum absolute atomic E-state index is 0.259. The van der Waals surface area contributed by atoms with Crippen LogP contribution in [0.3, 0.4) is 0 Å². The van der Waals surface area contributed by atoms with E-state index in [0.717, 1.165) is 0 Å². The third kappa shape index (κ3) is 2.29. The van der Waals surface area contributed by atoms with E-state index in [2.05, 4.69) is 32.8 Å². The van der Waals surface area contributed by atoms with Crippen LogP contribution in [0.2, 0.25) is 0 Å². The highest BCUT2D eigenvalue weighted by Gasteiger charge is 1.98. The van der Waals surface area contributed by atoms with Crippen molar-refractivity contribution in [1.82, 2.24) is 4.98 Å². The fourth-order valence-electron chi connectivity index (χ4n) is 0.629. The second-order valence-corrected chi connectivity index (χ2v) is 2.78. The topological polar surface area (TPSA) is 33.1 Å². The maximum Gasteiger partial charge on any atom is 0.214 e. The first-order valence-corrected chi connectivity index (χ1v) is 3.95. The fraction of sp³-hybridized carbons (Fsp3) is 0.125. The lowest BCUT2D eigenvalue weighted by Crippen LogP contribution is -1.88. The molecule has 0 saturated carbocycles. The Morgan fingerprint density at radius 1 is 1.58 bits per heavy atom. The van der Waals surface area contributed by atoms with Gasteiger partial charge in [-0.25, -0.2) is 4.98 Å². The number of hydrogen-bond acceptors (Lipinski definition) is 2. The number of aliphatic hydroxyl groups excluding tert-OH is 1. The molecule has 0 bridgehead atoms. The van der Waals surface area contributed by atoms with Gasteiger partial charge in [0, 0.05) is 0 Å². The van der Waals surface area contributed by atoms with Crippen LogP contribution in [0.5, 0.6) is 0 Å². The molecule has 1 heterocycles. The molecule has 1 rings (SSSR count). The van der Waals surface area contributed by atoms with E-state index in [1.165, 1.54) is 12.1 Å². The number of rotatable bonds is 0. The van der Waals surface area contributed by atoms with Gasteiger partial charge in [0.15, 0.2) is 0 Å². The van der Waals surface area contributed by atoms with Gasteiger partial charge < -0.3 is 5.11 Å². The minimum Gasteiger partial charge on any atom is -0.384 e. The summed E-state index contributed by atoms with van der Waals surface area (Å²) in [6, 6.07) is 2.75. The monoisotopic (exact) mass is 229 g/mol. The Morgan fingerprint density at radius 3 is 3.00 bits per heavy atom. The van der Waals surface area contributed by atoms with Crippen molar-refractivity contribution in [2.75, 3.05) is 6.61 Å². The van der Waals surface area contributed by atoms with Crippen molar-refractivity contribution < 1.29 is 9.50 Å². The van der Waals surface area contributed by atoms with E-state index in [1.54, 1.807) is 0 Å². The minimum atomic E-state index is -0.583. The van der Waals surface area contributed by atoms with E-state index in [4.69, 9.17) is 5.11 Å². The first-order chi connectivity index (χ1) is 5.74. The van der Waals surface area contributed by atoms with Crippen molar-refractivity contribution in [1.29, 1.82) is 0 Å². The van der Waals surface area contributed by atoms with Crippen LogP contribution in [0.15, 0.2) is 16.6 Å². The zero-order valence-corrected chi connectivity index (χ0v) is 7.60. The summed E-state index contributed by atoms with van der Waals surface area (Å²) in [4.78, 5) is 3.51. The van der Waals surface area contributed by atoms with Crippen LogP contribution in [0.1, 0.15) is 5.69 Å². The third-order valence-corrected chi connectivity index (χ3v) is 1.74. The molecular formula is C8H5BrFNO. The van der Waals surface area contributed by atoms with Gasteiger partial charge in [-0.15, -0.1) is 0 Å². The molecule has 0 unspecified atom stereocenters. The molecule has 0 radical (unpaired) electrons. The molecule has 4 heteroatoms. The molecule has 0 aromatic carbocycles. The predicted molar refractivity (Wildman–Crippen MR) is 45.9 cm³/mol. The summed E-state index contributed by atoms with van der Waals surface area (Å²) in [6.07, 6.45) is 0. The average Bonchev–Trinajstić information content (AvgIpc) is 2.07. The molecule has 0 spiro atoms. The van der Waals surface area contributed by atoms with E-state index in [-0.39, 0.29) is 6.61 Å². The molecule has 0 saturated heterocycles. The Hall–Kier alpha value is -0.920. The molecule has 0 aliphatic rings. The molecule has 0 aliphatic heterocycles. The first-order valence-electron chi connectivity index (χ1n) is 3.16. The van der Waals surface area contributed by atoms with Crippen LogP contribution in [-0.2, 0) is 0 Å². The fourth-order valence-corrected chi connectivity index (χ4v) is 0.949. The van der Waals surface area contributed by atoms with E-state index in [9.17, 15) is 4.39 Å². The molecule has 62 valence electrons. The van der Waals surface area contributed by atoms with Crippen molar-refractivity contribution in [3.8, 4) is 11.8 Å². The molecule has 0 fully saturated rings. The number of halogens is 2. The maximum atomic E-state index is 12.5. The van der Waals surface area contributed by atoms with Crippen LogP contribution in [0.25, 0.3) is 0 Å². The molecule has 2 nitrogen and oxygen atoms in total. The zero-order valence-electron chi connectivity index (χ0n) is 6.01. The smallest absolute Gasteiger partial charge is 0.214 e. The Kier molecular flexibility index (Phi) is 3.20. The van der Waals surface area contributed by atoms with E-state index in [1.807, 2.05) is 0 Å². The van der Waals surface area contributed by atoms with Gasteiger partial charge in [0.05, 0.1) is 4.47 Å². The van der Waals surface area contributed by atoms with Gasteiger partial charge in [-0.3, -0.25) is 0 Å². The largest absolute Gasteiger partial charge is 0.384 e. The highest BCUT2D eigenvalue weighted by atomic mass is 79.9. The highest BCUT2D eigenvalue weighted by Crippen LogP contribution is 2.13. The summed E-state index contributed by atoms with van der Waals surface area (Å²) in [6.45, 7) is -0.259. The van der Waals surface area contributed by atoms with Gasteiger partial charge in [-0.2, -0.15) is 4.39 Å². The Balaban J connectivity index is 3.05. The number of aliphatic hydroxyl groups is 1.